The highest BCUT2D eigenvalue weighted by molar-refractivity contribution is 7.11. The number of rotatable bonds is 2. The smallest absolute Gasteiger partial charge is 0.192 e. The van der Waals surface area contributed by atoms with E-state index in [1.165, 1.54) is 21.6 Å². The number of thiophene rings is 1. The van der Waals surface area contributed by atoms with Gasteiger partial charge in [-0.1, -0.05) is 35.9 Å². The van der Waals surface area contributed by atoms with Crippen LogP contribution >= 0.6 is 11.3 Å². The van der Waals surface area contributed by atoms with Gasteiger partial charge in [0.05, 0.1) is 0 Å². The molecule has 0 saturated heterocycles. The standard InChI is InChI=1S/C19H17NOS/c1-12-5-7-14(8-6-12)15-10-16(18-4-3-9-22-18)19-17(11-15)21-13(2)20-19/h3-9,11,15H,10H2,1-2H3. The van der Waals surface area contributed by atoms with Gasteiger partial charge < -0.3 is 4.42 Å². The van der Waals surface area contributed by atoms with Gasteiger partial charge in [-0.25, -0.2) is 4.98 Å². The van der Waals surface area contributed by atoms with Crippen molar-refractivity contribution in [2.45, 2.75) is 26.2 Å². The van der Waals surface area contributed by atoms with E-state index in [1.54, 1.807) is 11.3 Å². The molecule has 0 radical (unpaired) electrons. The normalized spacial score (nSPS) is 17.2. The van der Waals surface area contributed by atoms with E-state index in [-0.39, 0.29) is 0 Å². The minimum atomic E-state index is 0.345. The van der Waals surface area contributed by atoms with Crippen LogP contribution in [0.15, 0.2) is 46.2 Å². The third-order valence-electron chi connectivity index (χ3n) is 4.15. The highest BCUT2D eigenvalue weighted by atomic mass is 32.1. The Morgan fingerprint density at radius 1 is 1.14 bits per heavy atom. The zero-order valence-electron chi connectivity index (χ0n) is 12.7. The van der Waals surface area contributed by atoms with Crippen LogP contribution in [0.4, 0.5) is 0 Å². The molecule has 3 aromatic rings. The molecule has 0 aliphatic heterocycles. The maximum atomic E-state index is 5.83. The van der Waals surface area contributed by atoms with Gasteiger partial charge in [0, 0.05) is 17.7 Å². The van der Waals surface area contributed by atoms with Gasteiger partial charge in [-0.05, 0) is 42.0 Å². The van der Waals surface area contributed by atoms with Crippen LogP contribution in [0.5, 0.6) is 0 Å². The van der Waals surface area contributed by atoms with Crippen molar-refractivity contribution in [2.75, 3.05) is 0 Å². The van der Waals surface area contributed by atoms with Gasteiger partial charge in [0.15, 0.2) is 11.3 Å². The Hall–Kier alpha value is -2.13. The first-order chi connectivity index (χ1) is 10.7. The number of nitrogens with zero attached hydrogens (tertiary/aromatic N) is 1. The summed E-state index contributed by atoms with van der Waals surface area (Å²) in [6, 6.07) is 13.1. The second kappa shape index (κ2) is 5.25. The lowest BCUT2D eigenvalue weighted by atomic mass is 9.88. The SMILES string of the molecule is Cc1ccc(C2C=c3oc(C)nc3=C(c3cccs3)C2)cc1. The van der Waals surface area contributed by atoms with E-state index < -0.39 is 0 Å². The first kappa shape index (κ1) is 13.5. The molecule has 0 N–H and O–H groups in total. The lowest BCUT2D eigenvalue weighted by Crippen LogP contribution is -2.30. The number of oxazole rings is 1. The third-order valence-corrected chi connectivity index (χ3v) is 5.08. The summed E-state index contributed by atoms with van der Waals surface area (Å²) in [5, 5.41) is 3.14. The molecule has 110 valence electrons. The molecule has 1 aromatic carbocycles. The maximum absolute atomic E-state index is 5.83. The number of fused-ring (bicyclic) bond motifs is 1. The molecule has 0 fully saturated rings. The van der Waals surface area contributed by atoms with Crippen molar-refractivity contribution in [3.05, 3.63) is 74.4 Å². The first-order valence-corrected chi connectivity index (χ1v) is 8.37. The fourth-order valence-corrected chi connectivity index (χ4v) is 3.81. The molecule has 0 saturated carbocycles. The largest absolute Gasteiger partial charge is 0.441 e. The van der Waals surface area contributed by atoms with E-state index in [9.17, 15) is 0 Å². The van der Waals surface area contributed by atoms with Crippen LogP contribution in [0.2, 0.25) is 0 Å². The summed E-state index contributed by atoms with van der Waals surface area (Å²) in [6.07, 6.45) is 3.19. The third kappa shape index (κ3) is 2.32. The Morgan fingerprint density at radius 3 is 2.68 bits per heavy atom. The average molecular weight is 307 g/mol. The molecule has 1 atom stereocenters. The van der Waals surface area contributed by atoms with E-state index >= 15 is 0 Å². The van der Waals surface area contributed by atoms with Crippen LogP contribution in [-0.4, -0.2) is 4.98 Å². The quantitative estimate of drug-likeness (QED) is 0.724. The summed E-state index contributed by atoms with van der Waals surface area (Å²) in [4.78, 5) is 5.89. The molecule has 1 aliphatic carbocycles. The maximum Gasteiger partial charge on any atom is 0.192 e. The van der Waals surface area contributed by atoms with Gasteiger partial charge in [0.25, 0.3) is 0 Å². The predicted octanol–water partition coefficient (Wildman–Crippen LogP) is 3.52. The van der Waals surface area contributed by atoms with Gasteiger partial charge in [0.2, 0.25) is 0 Å². The summed E-state index contributed by atoms with van der Waals surface area (Å²) in [5.74, 6) is 1.08. The van der Waals surface area contributed by atoms with Gasteiger partial charge in [-0.15, -0.1) is 11.3 Å². The fraction of sp³-hybridized carbons (Fsp3) is 0.211. The van der Waals surface area contributed by atoms with E-state index in [0.29, 0.717) is 5.92 Å². The van der Waals surface area contributed by atoms with Gasteiger partial charge in [-0.2, -0.15) is 0 Å². The van der Waals surface area contributed by atoms with Crippen LogP contribution < -0.4 is 10.8 Å². The van der Waals surface area contributed by atoms with E-state index in [0.717, 1.165) is 23.1 Å². The Labute approximate surface area is 133 Å². The van der Waals surface area contributed by atoms with Crippen molar-refractivity contribution in [3.8, 4) is 0 Å². The van der Waals surface area contributed by atoms with Crippen LogP contribution in [-0.2, 0) is 0 Å². The molecule has 1 unspecified atom stereocenters. The number of hydrogen-bond acceptors (Lipinski definition) is 3. The Kier molecular flexibility index (Phi) is 3.23. The van der Waals surface area contributed by atoms with E-state index in [2.05, 4.69) is 59.8 Å². The number of aromatic nitrogens is 1. The lowest BCUT2D eigenvalue weighted by Gasteiger charge is -2.17. The first-order valence-electron chi connectivity index (χ1n) is 7.49. The van der Waals surface area contributed by atoms with E-state index in [1.807, 2.05) is 6.92 Å². The second-order valence-electron chi connectivity index (χ2n) is 5.79. The summed E-state index contributed by atoms with van der Waals surface area (Å²) < 4.78 is 5.83. The number of aryl methyl sites for hydroxylation is 2. The van der Waals surface area contributed by atoms with Gasteiger partial charge in [-0.3, -0.25) is 0 Å². The summed E-state index contributed by atoms with van der Waals surface area (Å²) in [6.45, 7) is 4.04. The Bertz CT molecular complexity index is 917. The topological polar surface area (TPSA) is 26.0 Å². The molecular weight excluding hydrogens is 290 g/mol. The second-order valence-corrected chi connectivity index (χ2v) is 6.74. The van der Waals surface area contributed by atoms with Crippen molar-refractivity contribution in [1.82, 2.24) is 4.98 Å². The van der Waals surface area contributed by atoms with Crippen LogP contribution in [0.25, 0.3) is 11.6 Å². The van der Waals surface area contributed by atoms with Crippen molar-refractivity contribution in [2.24, 2.45) is 0 Å². The molecule has 4 rings (SSSR count). The van der Waals surface area contributed by atoms with Crippen LogP contribution in [0.3, 0.4) is 0 Å². The molecule has 0 amide bonds. The van der Waals surface area contributed by atoms with Gasteiger partial charge >= 0.3 is 0 Å². The van der Waals surface area contributed by atoms with Crippen molar-refractivity contribution in [1.29, 1.82) is 0 Å². The molecular formula is C19H17NOS. The lowest BCUT2D eigenvalue weighted by molar-refractivity contribution is 0.488. The summed E-state index contributed by atoms with van der Waals surface area (Å²) in [5.41, 5.74) is 4.84. The van der Waals surface area contributed by atoms with E-state index in [4.69, 9.17) is 4.42 Å². The zero-order chi connectivity index (χ0) is 15.1. The van der Waals surface area contributed by atoms with Crippen molar-refractivity contribution < 1.29 is 4.42 Å². The number of hydrogen-bond donors (Lipinski definition) is 0. The zero-order valence-corrected chi connectivity index (χ0v) is 13.5. The predicted molar refractivity (Wildman–Crippen MR) is 90.3 cm³/mol. The highest BCUT2D eigenvalue weighted by Gasteiger charge is 2.20. The summed E-state index contributed by atoms with van der Waals surface area (Å²) >= 11 is 1.77. The minimum absolute atomic E-state index is 0.345. The molecule has 2 aromatic heterocycles. The molecule has 0 spiro atoms. The molecule has 3 heteroatoms. The molecule has 2 heterocycles. The van der Waals surface area contributed by atoms with Crippen LogP contribution in [0.1, 0.15) is 34.2 Å². The monoisotopic (exact) mass is 307 g/mol. The van der Waals surface area contributed by atoms with Gasteiger partial charge in [0.1, 0.15) is 5.35 Å². The van der Waals surface area contributed by atoms with Crippen LogP contribution in [0, 0.1) is 13.8 Å². The summed E-state index contributed by atoms with van der Waals surface area (Å²) in [7, 11) is 0. The highest BCUT2D eigenvalue weighted by Crippen LogP contribution is 2.32. The Morgan fingerprint density at radius 2 is 1.95 bits per heavy atom. The number of benzene rings is 1. The Balaban J connectivity index is 1.88. The molecule has 1 aliphatic rings. The molecule has 22 heavy (non-hydrogen) atoms. The van der Waals surface area contributed by atoms with Crippen molar-refractivity contribution in [3.63, 3.8) is 0 Å². The molecule has 2 nitrogen and oxygen atoms in total. The average Bonchev–Trinajstić information content (AvgIpc) is 3.15. The fourth-order valence-electron chi connectivity index (χ4n) is 3.03. The minimum Gasteiger partial charge on any atom is -0.441 e. The molecule has 0 bridgehead atoms. The van der Waals surface area contributed by atoms with Crippen molar-refractivity contribution >= 4 is 23.0 Å².